The van der Waals surface area contributed by atoms with Gasteiger partial charge in [0.05, 0.1) is 6.04 Å². The van der Waals surface area contributed by atoms with E-state index in [0.717, 1.165) is 16.9 Å². The van der Waals surface area contributed by atoms with Crippen molar-refractivity contribution in [2.75, 3.05) is 6.61 Å². The first-order valence-corrected chi connectivity index (χ1v) is 7.07. The minimum absolute atomic E-state index is 0.146. The molecular formula is C17H20ClNO. The molecule has 2 nitrogen and oxygen atoms in total. The quantitative estimate of drug-likeness (QED) is 0.908. The second-order valence-electron chi connectivity index (χ2n) is 5.17. The summed E-state index contributed by atoms with van der Waals surface area (Å²) in [4.78, 5) is 0. The molecule has 2 aromatic rings. The maximum absolute atomic E-state index is 6.19. The van der Waals surface area contributed by atoms with E-state index in [1.54, 1.807) is 0 Å². The lowest BCUT2D eigenvalue weighted by molar-refractivity contribution is 0.289. The summed E-state index contributed by atoms with van der Waals surface area (Å²) in [6.45, 7) is 6.61. The van der Waals surface area contributed by atoms with Gasteiger partial charge in [-0.2, -0.15) is 0 Å². The first-order chi connectivity index (χ1) is 9.47. The van der Waals surface area contributed by atoms with Crippen LogP contribution in [0.5, 0.6) is 5.75 Å². The number of hydrogen-bond donors (Lipinski definition) is 1. The van der Waals surface area contributed by atoms with Crippen molar-refractivity contribution in [3.05, 3.63) is 63.7 Å². The lowest BCUT2D eigenvalue weighted by atomic mass is 10.0. The Kier molecular flexibility index (Phi) is 4.69. The van der Waals surface area contributed by atoms with Crippen molar-refractivity contribution in [3.63, 3.8) is 0 Å². The van der Waals surface area contributed by atoms with E-state index in [2.05, 4.69) is 32.0 Å². The SMILES string of the molecule is Cc1ccc(C(N)COc2cc(Cl)ccc2C)cc1C. The monoisotopic (exact) mass is 289 g/mol. The molecule has 2 N–H and O–H groups in total. The Morgan fingerprint density at radius 3 is 2.40 bits per heavy atom. The number of ether oxygens (including phenoxy) is 1. The van der Waals surface area contributed by atoms with Gasteiger partial charge in [-0.3, -0.25) is 0 Å². The van der Waals surface area contributed by atoms with Crippen LogP contribution in [0.1, 0.15) is 28.3 Å². The van der Waals surface area contributed by atoms with Gasteiger partial charge in [-0.05, 0) is 55.2 Å². The van der Waals surface area contributed by atoms with Gasteiger partial charge in [0, 0.05) is 5.02 Å². The van der Waals surface area contributed by atoms with E-state index in [4.69, 9.17) is 22.1 Å². The van der Waals surface area contributed by atoms with Crippen LogP contribution in [0, 0.1) is 20.8 Å². The van der Waals surface area contributed by atoms with E-state index < -0.39 is 0 Å². The summed E-state index contributed by atoms with van der Waals surface area (Å²) in [5.41, 5.74) is 10.9. The molecule has 0 spiro atoms. The first kappa shape index (κ1) is 14.9. The molecule has 0 heterocycles. The third-order valence-corrected chi connectivity index (χ3v) is 3.76. The number of benzene rings is 2. The van der Waals surface area contributed by atoms with Crippen molar-refractivity contribution >= 4 is 11.6 Å². The Balaban J connectivity index is 2.06. The Labute approximate surface area is 125 Å². The van der Waals surface area contributed by atoms with E-state index >= 15 is 0 Å². The number of nitrogens with two attached hydrogens (primary N) is 1. The maximum Gasteiger partial charge on any atom is 0.123 e. The van der Waals surface area contributed by atoms with Crippen molar-refractivity contribution in [1.29, 1.82) is 0 Å². The molecule has 2 rings (SSSR count). The molecule has 0 amide bonds. The Morgan fingerprint density at radius 1 is 1.00 bits per heavy atom. The highest BCUT2D eigenvalue weighted by Gasteiger charge is 2.09. The highest BCUT2D eigenvalue weighted by atomic mass is 35.5. The number of aryl methyl sites for hydroxylation is 3. The molecule has 20 heavy (non-hydrogen) atoms. The van der Waals surface area contributed by atoms with Crippen LogP contribution in [-0.2, 0) is 0 Å². The van der Waals surface area contributed by atoms with E-state index in [-0.39, 0.29) is 6.04 Å². The molecule has 1 unspecified atom stereocenters. The van der Waals surface area contributed by atoms with Gasteiger partial charge in [0.15, 0.2) is 0 Å². The molecule has 0 fully saturated rings. The van der Waals surface area contributed by atoms with Crippen molar-refractivity contribution in [2.45, 2.75) is 26.8 Å². The minimum atomic E-state index is -0.146. The molecule has 0 saturated carbocycles. The van der Waals surface area contributed by atoms with E-state index in [1.807, 2.05) is 25.1 Å². The molecule has 0 saturated heterocycles. The van der Waals surface area contributed by atoms with Crippen molar-refractivity contribution in [1.82, 2.24) is 0 Å². The molecule has 0 aliphatic carbocycles. The minimum Gasteiger partial charge on any atom is -0.491 e. The van der Waals surface area contributed by atoms with Gasteiger partial charge in [0.25, 0.3) is 0 Å². The largest absolute Gasteiger partial charge is 0.491 e. The van der Waals surface area contributed by atoms with Crippen LogP contribution in [0.2, 0.25) is 5.02 Å². The zero-order valence-electron chi connectivity index (χ0n) is 12.1. The molecule has 0 aromatic heterocycles. The van der Waals surface area contributed by atoms with Gasteiger partial charge in [-0.15, -0.1) is 0 Å². The van der Waals surface area contributed by atoms with Gasteiger partial charge in [-0.1, -0.05) is 35.9 Å². The van der Waals surface area contributed by atoms with Crippen molar-refractivity contribution < 1.29 is 4.74 Å². The van der Waals surface area contributed by atoms with Gasteiger partial charge in [0.2, 0.25) is 0 Å². The van der Waals surface area contributed by atoms with Crippen LogP contribution >= 0.6 is 11.6 Å². The molecule has 1 atom stereocenters. The molecule has 0 aliphatic rings. The maximum atomic E-state index is 6.19. The highest BCUT2D eigenvalue weighted by Crippen LogP contribution is 2.24. The third-order valence-electron chi connectivity index (χ3n) is 3.53. The average Bonchev–Trinajstić information content (AvgIpc) is 2.42. The van der Waals surface area contributed by atoms with E-state index in [1.165, 1.54) is 11.1 Å². The fourth-order valence-electron chi connectivity index (χ4n) is 2.00. The summed E-state index contributed by atoms with van der Waals surface area (Å²) in [7, 11) is 0. The van der Waals surface area contributed by atoms with Crippen LogP contribution in [0.4, 0.5) is 0 Å². The molecule has 0 radical (unpaired) electrons. The summed E-state index contributed by atoms with van der Waals surface area (Å²) in [6, 6.07) is 11.7. The highest BCUT2D eigenvalue weighted by molar-refractivity contribution is 6.30. The Morgan fingerprint density at radius 2 is 1.70 bits per heavy atom. The lowest BCUT2D eigenvalue weighted by Crippen LogP contribution is -2.19. The zero-order valence-corrected chi connectivity index (χ0v) is 12.9. The number of halogens is 1. The summed E-state index contributed by atoms with van der Waals surface area (Å²) in [5.74, 6) is 0.789. The number of rotatable bonds is 4. The predicted molar refractivity (Wildman–Crippen MR) is 84.5 cm³/mol. The standard InChI is InChI=1S/C17H20ClNO/c1-11-4-6-14(8-13(11)3)16(19)10-20-17-9-15(18)7-5-12(17)2/h4-9,16H,10,19H2,1-3H3. The second-order valence-corrected chi connectivity index (χ2v) is 5.61. The molecule has 106 valence electrons. The third kappa shape index (κ3) is 3.53. The molecule has 0 aliphatic heterocycles. The van der Waals surface area contributed by atoms with Gasteiger partial charge < -0.3 is 10.5 Å². The number of hydrogen-bond acceptors (Lipinski definition) is 2. The van der Waals surface area contributed by atoms with Crippen LogP contribution in [0.15, 0.2) is 36.4 Å². The van der Waals surface area contributed by atoms with Crippen LogP contribution < -0.4 is 10.5 Å². The average molecular weight is 290 g/mol. The van der Waals surface area contributed by atoms with Crippen LogP contribution in [0.25, 0.3) is 0 Å². The predicted octanol–water partition coefficient (Wildman–Crippen LogP) is 4.34. The summed E-state index contributed by atoms with van der Waals surface area (Å²) in [5, 5.41) is 0.672. The molecule has 0 bridgehead atoms. The van der Waals surface area contributed by atoms with Gasteiger partial charge in [0.1, 0.15) is 12.4 Å². The molecule has 3 heteroatoms. The fourth-order valence-corrected chi connectivity index (χ4v) is 2.16. The summed E-state index contributed by atoms with van der Waals surface area (Å²) >= 11 is 5.98. The molecular weight excluding hydrogens is 270 g/mol. The topological polar surface area (TPSA) is 35.2 Å². The Bertz CT molecular complexity index is 610. The smallest absolute Gasteiger partial charge is 0.123 e. The summed E-state index contributed by atoms with van der Waals surface area (Å²) in [6.07, 6.45) is 0. The van der Waals surface area contributed by atoms with Crippen LogP contribution in [-0.4, -0.2) is 6.61 Å². The van der Waals surface area contributed by atoms with Crippen molar-refractivity contribution in [3.8, 4) is 5.75 Å². The van der Waals surface area contributed by atoms with Crippen LogP contribution in [0.3, 0.4) is 0 Å². The molecule has 2 aromatic carbocycles. The van der Waals surface area contributed by atoms with Gasteiger partial charge in [-0.25, -0.2) is 0 Å². The summed E-state index contributed by atoms with van der Waals surface area (Å²) < 4.78 is 5.79. The fraction of sp³-hybridized carbons (Fsp3) is 0.294. The second kappa shape index (κ2) is 6.29. The van der Waals surface area contributed by atoms with E-state index in [0.29, 0.717) is 11.6 Å². The lowest BCUT2D eigenvalue weighted by Gasteiger charge is -2.16. The van der Waals surface area contributed by atoms with E-state index in [9.17, 15) is 0 Å². The first-order valence-electron chi connectivity index (χ1n) is 6.69. The van der Waals surface area contributed by atoms with Gasteiger partial charge >= 0.3 is 0 Å². The Hall–Kier alpha value is -1.51. The van der Waals surface area contributed by atoms with Crippen molar-refractivity contribution in [2.24, 2.45) is 5.73 Å². The zero-order chi connectivity index (χ0) is 14.7. The normalized spacial score (nSPS) is 12.2.